The second-order valence-corrected chi connectivity index (χ2v) is 7.80. The van der Waals surface area contributed by atoms with E-state index in [0.717, 1.165) is 5.56 Å². The summed E-state index contributed by atoms with van der Waals surface area (Å²) in [6.07, 6.45) is 1.81. The first-order valence-corrected chi connectivity index (χ1v) is 10.4. The van der Waals surface area contributed by atoms with Crippen molar-refractivity contribution in [3.63, 3.8) is 0 Å². The van der Waals surface area contributed by atoms with E-state index in [9.17, 15) is 4.79 Å². The van der Waals surface area contributed by atoms with Crippen LogP contribution in [0.1, 0.15) is 19.4 Å². The van der Waals surface area contributed by atoms with Crippen molar-refractivity contribution in [2.45, 2.75) is 13.8 Å². The van der Waals surface area contributed by atoms with E-state index >= 15 is 0 Å². The molecule has 0 radical (unpaired) electrons. The number of carbonyl (C=O) groups is 1. The Balaban J connectivity index is 1.61. The van der Waals surface area contributed by atoms with Gasteiger partial charge in [0.15, 0.2) is 27.3 Å². The van der Waals surface area contributed by atoms with Gasteiger partial charge in [-0.15, -0.1) is 0 Å². The third-order valence-electron chi connectivity index (χ3n) is 4.27. The predicted octanol–water partition coefficient (Wildman–Crippen LogP) is 4.62. The molecule has 2 aliphatic heterocycles. The molecule has 2 heterocycles. The fourth-order valence-corrected chi connectivity index (χ4v) is 4.32. The van der Waals surface area contributed by atoms with E-state index in [0.29, 0.717) is 51.1 Å². The summed E-state index contributed by atoms with van der Waals surface area (Å²) in [6.45, 7) is 5.09. The Morgan fingerprint density at radius 2 is 1.83 bits per heavy atom. The molecule has 2 aromatic rings. The fraction of sp³-hybridized carbons (Fsp3) is 0.238. The fourth-order valence-electron chi connectivity index (χ4n) is 3.02. The lowest BCUT2D eigenvalue weighted by Crippen LogP contribution is -2.27. The lowest BCUT2D eigenvalue weighted by molar-refractivity contribution is -0.113. The maximum atomic E-state index is 13.0. The molecule has 0 aromatic heterocycles. The van der Waals surface area contributed by atoms with Gasteiger partial charge in [-0.05, 0) is 49.8 Å². The summed E-state index contributed by atoms with van der Waals surface area (Å²) in [5.41, 5.74) is 1.49. The monoisotopic (exact) mass is 429 g/mol. The average molecular weight is 430 g/mol. The van der Waals surface area contributed by atoms with E-state index in [-0.39, 0.29) is 12.7 Å². The van der Waals surface area contributed by atoms with Crippen LogP contribution in [0.15, 0.2) is 41.3 Å². The van der Waals surface area contributed by atoms with Crippen molar-refractivity contribution in [1.29, 1.82) is 0 Å². The highest BCUT2D eigenvalue weighted by atomic mass is 32.2. The van der Waals surface area contributed by atoms with E-state index in [4.69, 9.17) is 31.2 Å². The molecule has 0 aliphatic carbocycles. The van der Waals surface area contributed by atoms with E-state index in [1.54, 1.807) is 18.2 Å². The summed E-state index contributed by atoms with van der Waals surface area (Å²) < 4.78 is 22.5. The Bertz CT molecular complexity index is 1000. The van der Waals surface area contributed by atoms with Crippen molar-refractivity contribution in [1.82, 2.24) is 0 Å². The Labute approximate surface area is 178 Å². The number of hydrogen-bond acceptors (Lipinski definition) is 7. The summed E-state index contributed by atoms with van der Waals surface area (Å²) >= 11 is 6.72. The first-order valence-electron chi connectivity index (χ1n) is 9.18. The Morgan fingerprint density at radius 1 is 1.07 bits per heavy atom. The Kier molecular flexibility index (Phi) is 5.64. The third kappa shape index (κ3) is 3.90. The van der Waals surface area contributed by atoms with Gasteiger partial charge >= 0.3 is 0 Å². The van der Waals surface area contributed by atoms with Crippen LogP contribution in [0.25, 0.3) is 6.08 Å². The maximum absolute atomic E-state index is 13.0. The average Bonchev–Trinajstić information content (AvgIpc) is 3.28. The van der Waals surface area contributed by atoms with E-state index in [1.165, 1.54) is 16.7 Å². The van der Waals surface area contributed by atoms with E-state index in [1.807, 2.05) is 38.1 Å². The van der Waals surface area contributed by atoms with Crippen LogP contribution < -0.4 is 23.8 Å². The van der Waals surface area contributed by atoms with Crippen LogP contribution in [0.5, 0.6) is 23.0 Å². The molecule has 1 saturated heterocycles. The molecule has 2 aromatic carbocycles. The molecule has 0 spiro atoms. The smallest absolute Gasteiger partial charge is 0.270 e. The van der Waals surface area contributed by atoms with Crippen LogP contribution in [0.3, 0.4) is 0 Å². The molecule has 6 nitrogen and oxygen atoms in total. The van der Waals surface area contributed by atoms with Gasteiger partial charge < -0.3 is 18.9 Å². The standard InChI is InChI=1S/C21H19NO5S2/c1-3-24-15-7-5-13(9-17(15)25-4-2)10-19-20(23)22(21(28)29-19)14-6-8-16-18(11-14)27-12-26-16/h5-11H,3-4,12H2,1-2H3/b19-10+. The van der Waals surface area contributed by atoms with Crippen molar-refractivity contribution < 1.29 is 23.7 Å². The van der Waals surface area contributed by atoms with E-state index < -0.39 is 0 Å². The highest BCUT2D eigenvalue weighted by molar-refractivity contribution is 8.27. The van der Waals surface area contributed by atoms with Gasteiger partial charge in [0.25, 0.3) is 5.91 Å². The number of anilines is 1. The lowest BCUT2D eigenvalue weighted by Gasteiger charge is -2.14. The molecule has 150 valence electrons. The summed E-state index contributed by atoms with van der Waals surface area (Å²) in [4.78, 5) is 15.1. The number of benzene rings is 2. The highest BCUT2D eigenvalue weighted by Gasteiger charge is 2.34. The Morgan fingerprint density at radius 3 is 2.62 bits per heavy atom. The zero-order chi connectivity index (χ0) is 20.4. The molecule has 0 bridgehead atoms. The molecule has 0 saturated carbocycles. The second-order valence-electron chi connectivity index (χ2n) is 6.13. The number of amides is 1. The zero-order valence-corrected chi connectivity index (χ0v) is 17.6. The molecule has 2 aliphatic rings. The van der Waals surface area contributed by atoms with Crippen LogP contribution >= 0.6 is 24.0 Å². The Hall–Kier alpha value is -2.71. The predicted molar refractivity (Wildman–Crippen MR) is 117 cm³/mol. The molecule has 0 atom stereocenters. The quantitative estimate of drug-likeness (QED) is 0.491. The first kappa shape index (κ1) is 19.6. The van der Waals surface area contributed by atoms with Crippen LogP contribution in [0.4, 0.5) is 5.69 Å². The van der Waals surface area contributed by atoms with Crippen molar-refractivity contribution in [3.8, 4) is 23.0 Å². The van der Waals surface area contributed by atoms with E-state index in [2.05, 4.69) is 0 Å². The van der Waals surface area contributed by atoms with Gasteiger partial charge in [0, 0.05) is 6.07 Å². The summed E-state index contributed by atoms with van der Waals surface area (Å²) in [7, 11) is 0. The van der Waals surface area contributed by atoms with Gasteiger partial charge in [-0.1, -0.05) is 30.0 Å². The van der Waals surface area contributed by atoms with Crippen LogP contribution in [-0.4, -0.2) is 30.2 Å². The minimum absolute atomic E-state index is 0.175. The van der Waals surface area contributed by atoms with Gasteiger partial charge in [0.2, 0.25) is 6.79 Å². The van der Waals surface area contributed by atoms with Crippen LogP contribution in [-0.2, 0) is 4.79 Å². The SMILES string of the molecule is CCOc1ccc(/C=C2/SC(=S)N(c3ccc4c(c3)OCO4)C2=O)cc1OCC. The molecule has 8 heteroatoms. The van der Waals surface area contributed by atoms with Gasteiger partial charge in [-0.3, -0.25) is 9.69 Å². The van der Waals surface area contributed by atoms with Crippen LogP contribution in [0.2, 0.25) is 0 Å². The maximum Gasteiger partial charge on any atom is 0.270 e. The van der Waals surface area contributed by atoms with Crippen molar-refractivity contribution in [2.24, 2.45) is 0 Å². The minimum Gasteiger partial charge on any atom is -0.490 e. The van der Waals surface area contributed by atoms with Crippen molar-refractivity contribution in [2.75, 3.05) is 24.9 Å². The molecule has 0 N–H and O–H groups in total. The van der Waals surface area contributed by atoms with Gasteiger partial charge in [0.1, 0.15) is 0 Å². The minimum atomic E-state index is -0.175. The number of hydrogen-bond donors (Lipinski definition) is 0. The zero-order valence-electron chi connectivity index (χ0n) is 16.0. The normalized spacial score (nSPS) is 16.6. The number of rotatable bonds is 6. The van der Waals surface area contributed by atoms with Gasteiger partial charge in [-0.2, -0.15) is 0 Å². The highest BCUT2D eigenvalue weighted by Crippen LogP contribution is 2.41. The summed E-state index contributed by atoms with van der Waals surface area (Å²) in [5.74, 6) is 2.42. The largest absolute Gasteiger partial charge is 0.490 e. The summed E-state index contributed by atoms with van der Waals surface area (Å²) in [6, 6.07) is 10.9. The van der Waals surface area contributed by atoms with Crippen molar-refractivity contribution >= 4 is 46.0 Å². The molecule has 4 rings (SSSR count). The number of carbonyl (C=O) groups excluding carboxylic acids is 1. The third-order valence-corrected chi connectivity index (χ3v) is 5.58. The molecule has 29 heavy (non-hydrogen) atoms. The lowest BCUT2D eigenvalue weighted by atomic mass is 10.1. The molecule has 1 amide bonds. The topological polar surface area (TPSA) is 57.2 Å². The number of ether oxygens (including phenoxy) is 4. The van der Waals surface area contributed by atoms with Crippen molar-refractivity contribution in [3.05, 3.63) is 46.9 Å². The molecular formula is C21H19NO5S2. The number of fused-ring (bicyclic) bond motifs is 1. The molecular weight excluding hydrogens is 410 g/mol. The number of thiocarbonyl (C=S) groups is 1. The number of nitrogens with zero attached hydrogens (tertiary/aromatic N) is 1. The second kappa shape index (κ2) is 8.34. The summed E-state index contributed by atoms with van der Waals surface area (Å²) in [5, 5.41) is 0. The molecule has 1 fully saturated rings. The van der Waals surface area contributed by atoms with Crippen LogP contribution in [0, 0.1) is 0 Å². The number of thioether (sulfide) groups is 1. The van der Waals surface area contributed by atoms with Gasteiger partial charge in [0.05, 0.1) is 23.8 Å². The first-order chi connectivity index (χ1) is 14.1. The van der Waals surface area contributed by atoms with Gasteiger partial charge in [-0.25, -0.2) is 0 Å². The molecule has 0 unspecified atom stereocenters.